The van der Waals surface area contributed by atoms with E-state index in [0.29, 0.717) is 21.9 Å². The number of carbonyl (C=O) groups is 1. The lowest BCUT2D eigenvalue weighted by atomic mass is 10.1. The molecule has 0 aliphatic rings. The number of fused-ring (bicyclic) bond motifs is 3. The minimum absolute atomic E-state index is 0.115. The number of pyridine rings is 1. The van der Waals surface area contributed by atoms with Gasteiger partial charge in [-0.25, -0.2) is 9.97 Å². The first-order valence-corrected chi connectivity index (χ1v) is 13.0. The minimum atomic E-state index is -0.142. The highest BCUT2D eigenvalue weighted by molar-refractivity contribution is 7.99. The van der Waals surface area contributed by atoms with Crippen molar-refractivity contribution >= 4 is 55.1 Å². The van der Waals surface area contributed by atoms with Crippen molar-refractivity contribution in [1.82, 2.24) is 14.5 Å². The molecule has 1 N–H and O–H groups in total. The molecular weight excluding hydrogens is 476 g/mol. The van der Waals surface area contributed by atoms with Crippen LogP contribution in [0.1, 0.15) is 22.3 Å². The maximum Gasteiger partial charge on any atom is 0.272 e. The predicted molar refractivity (Wildman–Crippen MR) is 145 cm³/mol. The Hall–Kier alpha value is -3.49. The number of benzene rings is 2. The predicted octanol–water partition coefficient (Wildman–Crippen LogP) is 5.71. The van der Waals surface area contributed by atoms with E-state index >= 15 is 0 Å². The summed E-state index contributed by atoms with van der Waals surface area (Å²) in [4.78, 5) is 36.5. The molecule has 0 aliphatic carbocycles. The molecule has 176 valence electrons. The second-order valence-electron chi connectivity index (χ2n) is 8.56. The van der Waals surface area contributed by atoms with Crippen molar-refractivity contribution in [3.63, 3.8) is 0 Å². The van der Waals surface area contributed by atoms with Gasteiger partial charge in [0.15, 0.2) is 5.16 Å². The molecular formula is C27H24N4O2S2. The maximum absolute atomic E-state index is 13.6. The summed E-state index contributed by atoms with van der Waals surface area (Å²) < 4.78 is 2.24. The number of amides is 1. The Morgan fingerprint density at radius 3 is 2.63 bits per heavy atom. The molecule has 8 heteroatoms. The van der Waals surface area contributed by atoms with Gasteiger partial charge >= 0.3 is 0 Å². The summed E-state index contributed by atoms with van der Waals surface area (Å²) in [5.74, 6) is -0.00344. The van der Waals surface area contributed by atoms with Crippen LogP contribution in [0.3, 0.4) is 0 Å². The maximum atomic E-state index is 13.6. The van der Waals surface area contributed by atoms with Crippen molar-refractivity contribution < 1.29 is 4.79 Å². The summed E-state index contributed by atoms with van der Waals surface area (Å²) in [6.07, 6.45) is 1.72. The zero-order valence-electron chi connectivity index (χ0n) is 19.7. The monoisotopic (exact) mass is 500 g/mol. The van der Waals surface area contributed by atoms with Gasteiger partial charge in [0.1, 0.15) is 9.53 Å². The number of thiophene rings is 1. The van der Waals surface area contributed by atoms with Crippen molar-refractivity contribution in [2.45, 2.75) is 32.5 Å². The Labute approximate surface area is 211 Å². The van der Waals surface area contributed by atoms with E-state index in [-0.39, 0.29) is 17.2 Å². The van der Waals surface area contributed by atoms with Crippen LogP contribution < -0.4 is 10.9 Å². The highest BCUT2D eigenvalue weighted by Crippen LogP contribution is 2.30. The van der Waals surface area contributed by atoms with Crippen LogP contribution in [-0.4, -0.2) is 26.2 Å². The Bertz CT molecular complexity index is 1620. The van der Waals surface area contributed by atoms with Crippen molar-refractivity contribution in [1.29, 1.82) is 0 Å². The molecule has 35 heavy (non-hydrogen) atoms. The van der Waals surface area contributed by atoms with E-state index in [9.17, 15) is 9.59 Å². The Kier molecular flexibility index (Phi) is 6.40. The van der Waals surface area contributed by atoms with Crippen LogP contribution in [0.15, 0.2) is 70.7 Å². The number of hydrogen-bond acceptors (Lipinski definition) is 6. The molecule has 2 aromatic carbocycles. The summed E-state index contributed by atoms with van der Waals surface area (Å²) >= 11 is 2.63. The van der Waals surface area contributed by atoms with Gasteiger partial charge in [-0.1, -0.05) is 53.7 Å². The molecule has 3 aromatic heterocycles. The molecule has 1 amide bonds. The molecule has 0 saturated carbocycles. The molecule has 0 radical (unpaired) electrons. The number of thioether (sulfide) groups is 1. The SMILES string of the molecule is Cc1ccc(Cn2c(SCC(=O)Nc3cc(C)ccc3C)nc3c(sc4ncccc43)c2=O)cc1. The Balaban J connectivity index is 1.51. The third-order valence-corrected chi connectivity index (χ3v) is 7.85. The van der Waals surface area contributed by atoms with E-state index in [4.69, 9.17) is 4.98 Å². The van der Waals surface area contributed by atoms with Crippen molar-refractivity contribution in [2.24, 2.45) is 0 Å². The summed E-state index contributed by atoms with van der Waals surface area (Å²) in [6, 6.07) is 17.8. The summed E-state index contributed by atoms with van der Waals surface area (Å²) in [7, 11) is 0. The number of aryl methyl sites for hydroxylation is 3. The zero-order chi connectivity index (χ0) is 24.5. The number of hydrogen-bond donors (Lipinski definition) is 1. The summed E-state index contributed by atoms with van der Waals surface area (Å²) in [5, 5.41) is 4.36. The second kappa shape index (κ2) is 9.64. The molecule has 3 heterocycles. The molecule has 0 saturated heterocycles. The van der Waals surface area contributed by atoms with Crippen LogP contribution in [-0.2, 0) is 11.3 Å². The zero-order valence-corrected chi connectivity index (χ0v) is 21.3. The van der Waals surface area contributed by atoms with Crippen LogP contribution in [0.5, 0.6) is 0 Å². The van der Waals surface area contributed by atoms with Crippen LogP contribution in [0.25, 0.3) is 20.4 Å². The number of nitrogens with one attached hydrogen (secondary N) is 1. The molecule has 0 unspecified atom stereocenters. The first kappa shape index (κ1) is 23.3. The molecule has 0 bridgehead atoms. The van der Waals surface area contributed by atoms with Gasteiger partial charge in [-0.05, 0) is 55.7 Å². The minimum Gasteiger partial charge on any atom is -0.325 e. The summed E-state index contributed by atoms with van der Waals surface area (Å²) in [6.45, 7) is 6.37. The van der Waals surface area contributed by atoms with Crippen molar-refractivity contribution in [3.05, 3.63) is 93.4 Å². The molecule has 0 atom stereocenters. The van der Waals surface area contributed by atoms with Gasteiger partial charge in [0.25, 0.3) is 5.56 Å². The van der Waals surface area contributed by atoms with Gasteiger partial charge in [0.05, 0.1) is 17.8 Å². The fourth-order valence-corrected chi connectivity index (χ4v) is 5.68. The lowest BCUT2D eigenvalue weighted by molar-refractivity contribution is -0.113. The third-order valence-electron chi connectivity index (χ3n) is 5.78. The highest BCUT2D eigenvalue weighted by atomic mass is 32.2. The Morgan fingerprint density at radius 1 is 1.06 bits per heavy atom. The quantitative estimate of drug-likeness (QED) is 0.239. The average Bonchev–Trinajstić information content (AvgIpc) is 3.22. The van der Waals surface area contributed by atoms with Crippen molar-refractivity contribution in [3.8, 4) is 0 Å². The van der Waals surface area contributed by atoms with Gasteiger partial charge in [-0.2, -0.15) is 0 Å². The fourth-order valence-electron chi connectivity index (χ4n) is 3.85. The Morgan fingerprint density at radius 2 is 1.83 bits per heavy atom. The third kappa shape index (κ3) is 4.85. The lowest BCUT2D eigenvalue weighted by Gasteiger charge is -2.13. The normalized spacial score (nSPS) is 11.3. The van der Waals surface area contributed by atoms with Crippen molar-refractivity contribution in [2.75, 3.05) is 11.1 Å². The number of nitrogens with zero attached hydrogens (tertiary/aromatic N) is 3. The van der Waals surface area contributed by atoms with Gasteiger partial charge in [0.2, 0.25) is 5.91 Å². The number of anilines is 1. The second-order valence-corrected chi connectivity index (χ2v) is 10.5. The molecule has 6 nitrogen and oxygen atoms in total. The standard InChI is InChI=1S/C27H24N4O2S2/c1-16-7-10-19(11-8-16)14-31-26(33)24-23(20-5-4-12-28-25(20)35-24)30-27(31)34-15-22(32)29-21-13-17(2)6-9-18(21)3/h4-13H,14-15H2,1-3H3,(H,29,32). The largest absolute Gasteiger partial charge is 0.325 e. The van der Waals surface area contributed by atoms with Gasteiger partial charge < -0.3 is 5.32 Å². The van der Waals surface area contributed by atoms with Gasteiger partial charge in [0, 0.05) is 17.3 Å². The van der Waals surface area contributed by atoms with E-state index in [1.165, 1.54) is 23.1 Å². The first-order valence-electron chi connectivity index (χ1n) is 11.2. The highest BCUT2D eigenvalue weighted by Gasteiger charge is 2.18. The first-order chi connectivity index (χ1) is 16.9. The summed E-state index contributed by atoms with van der Waals surface area (Å²) in [5.41, 5.74) is 5.56. The molecule has 0 aliphatic heterocycles. The van der Waals surface area contributed by atoms with E-state index in [0.717, 1.165) is 38.2 Å². The molecule has 0 spiro atoms. The molecule has 5 rings (SSSR count). The van der Waals surface area contributed by atoms with Crippen LogP contribution in [0.4, 0.5) is 5.69 Å². The molecule has 0 fully saturated rings. The smallest absolute Gasteiger partial charge is 0.272 e. The van der Waals surface area contributed by atoms with E-state index in [1.54, 1.807) is 10.8 Å². The van der Waals surface area contributed by atoms with E-state index < -0.39 is 0 Å². The number of carbonyl (C=O) groups excluding carboxylic acids is 1. The molecule has 5 aromatic rings. The van der Waals surface area contributed by atoms with Crippen LogP contribution >= 0.6 is 23.1 Å². The van der Waals surface area contributed by atoms with E-state index in [2.05, 4.69) is 10.3 Å². The lowest BCUT2D eigenvalue weighted by Crippen LogP contribution is -2.24. The van der Waals surface area contributed by atoms with Crippen LogP contribution in [0.2, 0.25) is 0 Å². The van der Waals surface area contributed by atoms with Gasteiger partial charge in [-0.3, -0.25) is 14.2 Å². The number of aromatic nitrogens is 3. The topological polar surface area (TPSA) is 76.9 Å². The van der Waals surface area contributed by atoms with Gasteiger partial charge in [-0.15, -0.1) is 11.3 Å². The van der Waals surface area contributed by atoms with Crippen LogP contribution in [0, 0.1) is 20.8 Å². The average molecular weight is 501 g/mol. The van der Waals surface area contributed by atoms with E-state index in [1.807, 2.05) is 75.4 Å². The fraction of sp³-hybridized carbons (Fsp3) is 0.185. The number of rotatable bonds is 6.